The average molecular weight is 288 g/mol. The zero-order chi connectivity index (χ0) is 15.0. The van der Waals surface area contributed by atoms with E-state index in [4.69, 9.17) is 16.2 Å². The molecule has 0 saturated carbocycles. The van der Waals surface area contributed by atoms with Gasteiger partial charge >= 0.3 is 0 Å². The second-order valence-corrected chi connectivity index (χ2v) is 4.32. The first-order valence-corrected chi connectivity index (χ1v) is 6.34. The first-order valence-electron chi connectivity index (χ1n) is 6.34. The van der Waals surface area contributed by atoms with Crippen molar-refractivity contribution in [3.63, 3.8) is 0 Å². The number of nitrogens with two attached hydrogens (primary N) is 2. The van der Waals surface area contributed by atoms with Crippen molar-refractivity contribution in [2.75, 3.05) is 32.8 Å². The number of nitrogens with one attached hydrogen (secondary N) is 1. The van der Waals surface area contributed by atoms with Crippen LogP contribution in [0.1, 0.15) is 12.8 Å². The number of hydrogen-bond acceptors (Lipinski definition) is 6. The van der Waals surface area contributed by atoms with Gasteiger partial charge in [-0.15, -0.1) is 0 Å². The van der Waals surface area contributed by atoms with Crippen molar-refractivity contribution in [2.24, 2.45) is 16.5 Å². The Balaban J connectivity index is 2.23. The number of nitro groups is 1. The predicted octanol–water partition coefficient (Wildman–Crippen LogP) is -1.95. The number of aliphatic imine (C=N–C) groups is 1. The summed E-state index contributed by atoms with van der Waals surface area (Å²) in [6.07, 6.45) is 0.975. The molecule has 1 aliphatic heterocycles. The van der Waals surface area contributed by atoms with E-state index in [1.807, 2.05) is 0 Å². The highest BCUT2D eigenvalue weighted by Gasteiger charge is 2.22. The van der Waals surface area contributed by atoms with Crippen LogP contribution in [0, 0.1) is 10.1 Å². The Morgan fingerprint density at radius 2 is 2.15 bits per heavy atom. The molecule has 5 N–H and O–H groups in total. The molecule has 0 aromatic rings. The van der Waals surface area contributed by atoms with E-state index in [2.05, 4.69) is 4.99 Å². The van der Waals surface area contributed by atoms with E-state index >= 15 is 0 Å². The minimum absolute atomic E-state index is 0.103. The fourth-order valence-electron chi connectivity index (χ4n) is 1.78. The zero-order valence-electron chi connectivity index (χ0n) is 11.2. The van der Waals surface area contributed by atoms with Crippen LogP contribution in [0.5, 0.6) is 0 Å². The van der Waals surface area contributed by atoms with E-state index in [1.54, 1.807) is 10.3 Å². The number of rotatable bonds is 6. The van der Waals surface area contributed by atoms with Gasteiger partial charge in [0.15, 0.2) is 5.03 Å². The molecule has 0 spiro atoms. The lowest BCUT2D eigenvalue weighted by Gasteiger charge is -2.29. The van der Waals surface area contributed by atoms with Gasteiger partial charge in [-0.05, 0) is 12.8 Å². The van der Waals surface area contributed by atoms with Crippen LogP contribution in [0.15, 0.2) is 4.99 Å². The van der Waals surface area contributed by atoms with Crippen LogP contribution < -0.4 is 16.9 Å². The summed E-state index contributed by atoms with van der Waals surface area (Å²) in [6, 6.07) is -0.590. The summed E-state index contributed by atoms with van der Waals surface area (Å²) < 4.78 is 5.16. The molecule has 0 aromatic heterocycles. The van der Waals surface area contributed by atoms with Crippen molar-refractivity contribution in [3.05, 3.63) is 10.1 Å². The summed E-state index contributed by atoms with van der Waals surface area (Å²) in [5.74, 6) is -0.364. The molecule has 1 amide bonds. The quantitative estimate of drug-likeness (QED) is 0.169. The fourth-order valence-corrected chi connectivity index (χ4v) is 1.78. The lowest BCUT2D eigenvalue weighted by atomic mass is 10.1. The molecule has 1 atom stereocenters. The molecule has 0 bridgehead atoms. The second kappa shape index (κ2) is 8.27. The summed E-state index contributed by atoms with van der Waals surface area (Å²) >= 11 is 0. The van der Waals surface area contributed by atoms with E-state index in [1.165, 1.54) is 0 Å². The van der Waals surface area contributed by atoms with Crippen molar-refractivity contribution in [1.29, 1.82) is 0 Å². The molecule has 10 heteroatoms. The van der Waals surface area contributed by atoms with Crippen molar-refractivity contribution in [2.45, 2.75) is 18.9 Å². The number of ether oxygens (including phenoxy) is 1. The average Bonchev–Trinajstić information content (AvgIpc) is 2.42. The Morgan fingerprint density at radius 1 is 1.50 bits per heavy atom. The number of carbonyl (C=O) groups is 1. The molecule has 0 unspecified atom stereocenters. The molecule has 1 rings (SSSR count). The van der Waals surface area contributed by atoms with Crippen molar-refractivity contribution in [3.8, 4) is 0 Å². The SMILES string of the molecule is NC(=NCCC[C@H](N)C(=O)N1CCOCC1)N[N+](=O)[O-]. The van der Waals surface area contributed by atoms with Gasteiger partial charge in [-0.1, -0.05) is 5.43 Å². The highest BCUT2D eigenvalue weighted by Crippen LogP contribution is 2.03. The van der Waals surface area contributed by atoms with E-state index in [0.29, 0.717) is 39.1 Å². The Morgan fingerprint density at radius 3 is 2.75 bits per heavy atom. The number of amides is 1. The lowest BCUT2D eigenvalue weighted by Crippen LogP contribution is -2.48. The summed E-state index contributed by atoms with van der Waals surface area (Å²) in [5, 5.41) is 9.28. The minimum Gasteiger partial charge on any atom is -0.378 e. The first-order chi connectivity index (χ1) is 9.50. The van der Waals surface area contributed by atoms with Crippen LogP contribution in [0.2, 0.25) is 0 Å². The molecular formula is C10H20N6O4. The molecule has 114 valence electrons. The number of carbonyl (C=O) groups excluding carboxylic acids is 1. The molecule has 1 fully saturated rings. The molecular weight excluding hydrogens is 268 g/mol. The molecule has 20 heavy (non-hydrogen) atoms. The van der Waals surface area contributed by atoms with Crippen molar-refractivity contribution >= 4 is 11.9 Å². The Kier molecular flexibility index (Phi) is 6.67. The van der Waals surface area contributed by atoms with Gasteiger partial charge in [0.1, 0.15) is 0 Å². The van der Waals surface area contributed by atoms with Gasteiger partial charge in [0.2, 0.25) is 5.91 Å². The number of morpholine rings is 1. The maximum absolute atomic E-state index is 12.0. The van der Waals surface area contributed by atoms with Crippen molar-refractivity contribution < 1.29 is 14.6 Å². The molecule has 1 aliphatic rings. The van der Waals surface area contributed by atoms with E-state index in [-0.39, 0.29) is 18.4 Å². The minimum atomic E-state index is -0.785. The van der Waals surface area contributed by atoms with Gasteiger partial charge in [-0.25, -0.2) is 15.1 Å². The van der Waals surface area contributed by atoms with E-state index in [9.17, 15) is 14.9 Å². The normalized spacial score (nSPS) is 17.6. The largest absolute Gasteiger partial charge is 0.378 e. The third-order valence-electron chi connectivity index (χ3n) is 2.80. The Labute approximate surface area is 116 Å². The standard InChI is InChI=1S/C10H20N6O4/c11-8(9(17)15-4-6-20-7-5-15)2-1-3-13-10(12)14-16(18)19/h8H,1-7,11H2,(H3,12,13,14)/t8-/m0/s1. The number of hydrazine groups is 1. The third-order valence-corrected chi connectivity index (χ3v) is 2.80. The highest BCUT2D eigenvalue weighted by molar-refractivity contribution is 5.81. The van der Waals surface area contributed by atoms with Gasteiger partial charge < -0.3 is 21.1 Å². The summed E-state index contributed by atoms with van der Waals surface area (Å²) in [5.41, 5.74) is 12.8. The first kappa shape index (κ1) is 16.1. The second-order valence-electron chi connectivity index (χ2n) is 4.32. The predicted molar refractivity (Wildman–Crippen MR) is 71.2 cm³/mol. The fraction of sp³-hybridized carbons (Fsp3) is 0.800. The zero-order valence-corrected chi connectivity index (χ0v) is 11.2. The van der Waals surface area contributed by atoms with Crippen LogP contribution in [-0.2, 0) is 9.53 Å². The van der Waals surface area contributed by atoms with Gasteiger partial charge in [0.25, 0.3) is 5.96 Å². The molecule has 0 aliphatic carbocycles. The van der Waals surface area contributed by atoms with Crippen LogP contribution in [-0.4, -0.2) is 60.7 Å². The number of guanidine groups is 1. The molecule has 1 heterocycles. The van der Waals surface area contributed by atoms with E-state index in [0.717, 1.165) is 0 Å². The van der Waals surface area contributed by atoms with Gasteiger partial charge in [0, 0.05) is 19.6 Å². The maximum atomic E-state index is 12.0. The van der Waals surface area contributed by atoms with Crippen LogP contribution in [0.3, 0.4) is 0 Å². The summed E-state index contributed by atoms with van der Waals surface area (Å²) in [6.45, 7) is 2.46. The topological polar surface area (TPSA) is 149 Å². The Bertz CT molecular complexity index is 369. The smallest absolute Gasteiger partial charge is 0.251 e. The summed E-state index contributed by atoms with van der Waals surface area (Å²) in [7, 11) is 0. The molecule has 0 radical (unpaired) electrons. The van der Waals surface area contributed by atoms with Crippen LogP contribution in [0.25, 0.3) is 0 Å². The van der Waals surface area contributed by atoms with Gasteiger partial charge in [0.05, 0.1) is 19.3 Å². The number of nitrogens with zero attached hydrogens (tertiary/aromatic N) is 3. The summed E-state index contributed by atoms with van der Waals surface area (Å²) in [4.78, 5) is 27.5. The monoisotopic (exact) mass is 288 g/mol. The Hall–Kier alpha value is -1.94. The maximum Gasteiger partial charge on any atom is 0.251 e. The highest BCUT2D eigenvalue weighted by atomic mass is 16.7. The molecule has 0 aromatic carbocycles. The van der Waals surface area contributed by atoms with Crippen LogP contribution in [0.4, 0.5) is 0 Å². The van der Waals surface area contributed by atoms with Crippen LogP contribution >= 0.6 is 0 Å². The third kappa shape index (κ3) is 5.80. The van der Waals surface area contributed by atoms with Gasteiger partial charge in [-0.2, -0.15) is 0 Å². The number of hydrogen-bond donors (Lipinski definition) is 3. The van der Waals surface area contributed by atoms with Gasteiger partial charge in [-0.3, -0.25) is 4.79 Å². The lowest BCUT2D eigenvalue weighted by molar-refractivity contribution is -0.525. The van der Waals surface area contributed by atoms with E-state index < -0.39 is 11.1 Å². The molecule has 1 saturated heterocycles. The van der Waals surface area contributed by atoms with Crippen molar-refractivity contribution in [1.82, 2.24) is 10.3 Å². The molecule has 10 nitrogen and oxygen atoms in total.